The van der Waals surface area contributed by atoms with Gasteiger partial charge in [-0.05, 0) is 41.1 Å². The van der Waals surface area contributed by atoms with Crippen molar-refractivity contribution in [3.8, 4) is 17.5 Å². The first-order chi connectivity index (χ1) is 10.9. The predicted molar refractivity (Wildman–Crippen MR) is 81.3 cm³/mol. The van der Waals surface area contributed by atoms with Crippen LogP contribution in [0.2, 0.25) is 0 Å². The molecule has 110 valence electrons. The normalized spacial score (nSPS) is 16.5. The van der Waals surface area contributed by atoms with Crippen molar-refractivity contribution < 1.29 is 14.2 Å². The van der Waals surface area contributed by atoms with Gasteiger partial charge in [-0.1, -0.05) is 12.1 Å². The Balaban J connectivity index is 1.54. The smallest absolute Gasteiger partial charge is 0.321 e. The fourth-order valence-corrected chi connectivity index (χ4v) is 2.15. The molecule has 0 amide bonds. The van der Waals surface area contributed by atoms with Crippen molar-refractivity contribution in [3.05, 3.63) is 54.9 Å². The highest BCUT2D eigenvalue weighted by atomic mass is 16.6. The molecule has 0 spiro atoms. The molecule has 22 heavy (non-hydrogen) atoms. The minimum absolute atomic E-state index is 0.261. The monoisotopic (exact) mass is 294 g/mol. The topological polar surface area (TPSA) is 56.8 Å². The number of hydrogen-bond acceptors (Lipinski definition) is 5. The van der Waals surface area contributed by atoms with Gasteiger partial charge in [0.15, 0.2) is 0 Å². The molecule has 1 saturated heterocycles. The Hall–Kier alpha value is -2.66. The van der Waals surface area contributed by atoms with E-state index in [9.17, 15) is 0 Å². The predicted octanol–water partition coefficient (Wildman–Crippen LogP) is 3.20. The van der Waals surface area contributed by atoms with Crippen LogP contribution in [0.25, 0.3) is 10.8 Å². The largest absolute Gasteiger partial charge is 0.491 e. The summed E-state index contributed by atoms with van der Waals surface area (Å²) in [5.41, 5.74) is 0. The van der Waals surface area contributed by atoms with Crippen LogP contribution >= 0.6 is 0 Å². The third-order valence-electron chi connectivity index (χ3n) is 3.37. The first-order valence-electron chi connectivity index (χ1n) is 7.10. The van der Waals surface area contributed by atoms with Gasteiger partial charge in [0.25, 0.3) is 0 Å². The van der Waals surface area contributed by atoms with Gasteiger partial charge in [-0.3, -0.25) is 0 Å². The molecule has 5 nitrogen and oxygen atoms in total. The number of epoxide rings is 1. The number of nitrogens with zero attached hydrogens (tertiary/aromatic N) is 2. The van der Waals surface area contributed by atoms with Gasteiger partial charge in [-0.2, -0.15) is 0 Å². The molecular formula is C17H14N2O3. The summed E-state index contributed by atoms with van der Waals surface area (Å²) in [6, 6.07) is 13.9. The lowest BCUT2D eigenvalue weighted by Crippen LogP contribution is -2.03. The Bertz CT molecular complexity index is 788. The number of benzene rings is 2. The first-order valence-corrected chi connectivity index (χ1v) is 7.10. The maximum absolute atomic E-state index is 5.69. The molecule has 1 aliphatic rings. The van der Waals surface area contributed by atoms with Gasteiger partial charge >= 0.3 is 6.01 Å². The molecule has 0 radical (unpaired) electrons. The van der Waals surface area contributed by atoms with E-state index >= 15 is 0 Å². The van der Waals surface area contributed by atoms with E-state index in [4.69, 9.17) is 14.2 Å². The van der Waals surface area contributed by atoms with Crippen LogP contribution < -0.4 is 9.47 Å². The van der Waals surface area contributed by atoms with Crippen LogP contribution in [0.4, 0.5) is 0 Å². The molecule has 1 aliphatic heterocycles. The Morgan fingerprint density at radius 1 is 1.00 bits per heavy atom. The maximum atomic E-state index is 5.69. The lowest BCUT2D eigenvalue weighted by Gasteiger charge is -2.07. The standard InChI is InChI=1S/C17H14N2O3/c1-6-18-17(19-7-1)22-15-5-3-12-8-14(4-2-13(12)9-15)20-10-16-11-21-16/h1-9,16H,10-11H2. The van der Waals surface area contributed by atoms with Crippen molar-refractivity contribution in [2.24, 2.45) is 0 Å². The fraction of sp³-hybridized carbons (Fsp3) is 0.176. The number of aromatic nitrogens is 2. The Labute approximate surface area is 127 Å². The molecule has 0 N–H and O–H groups in total. The van der Waals surface area contributed by atoms with E-state index in [1.165, 1.54) is 0 Å². The van der Waals surface area contributed by atoms with Crippen molar-refractivity contribution >= 4 is 10.8 Å². The molecule has 2 heterocycles. The third kappa shape index (κ3) is 2.99. The highest BCUT2D eigenvalue weighted by Crippen LogP contribution is 2.27. The second-order valence-corrected chi connectivity index (χ2v) is 5.07. The molecule has 3 aromatic rings. The van der Waals surface area contributed by atoms with Crippen molar-refractivity contribution in [2.75, 3.05) is 13.2 Å². The quantitative estimate of drug-likeness (QED) is 0.676. The molecule has 2 aromatic carbocycles. The maximum Gasteiger partial charge on any atom is 0.321 e. The van der Waals surface area contributed by atoms with Crippen molar-refractivity contribution in [3.63, 3.8) is 0 Å². The van der Waals surface area contributed by atoms with Crippen molar-refractivity contribution in [1.29, 1.82) is 0 Å². The van der Waals surface area contributed by atoms with Gasteiger partial charge in [0, 0.05) is 12.4 Å². The molecule has 0 saturated carbocycles. The molecule has 1 fully saturated rings. The molecule has 4 rings (SSSR count). The summed E-state index contributed by atoms with van der Waals surface area (Å²) < 4.78 is 16.5. The highest BCUT2D eigenvalue weighted by Gasteiger charge is 2.23. The van der Waals surface area contributed by atoms with Crippen LogP contribution in [0.3, 0.4) is 0 Å². The van der Waals surface area contributed by atoms with Gasteiger partial charge in [0.1, 0.15) is 24.2 Å². The number of fused-ring (bicyclic) bond motifs is 1. The van der Waals surface area contributed by atoms with Gasteiger partial charge < -0.3 is 14.2 Å². The SMILES string of the molecule is c1cnc(Oc2ccc3cc(OCC4CO4)ccc3c2)nc1. The van der Waals surface area contributed by atoms with Crippen LogP contribution in [-0.2, 0) is 4.74 Å². The summed E-state index contributed by atoms with van der Waals surface area (Å²) in [4.78, 5) is 8.10. The molecule has 0 bridgehead atoms. The average molecular weight is 294 g/mol. The van der Waals surface area contributed by atoms with Gasteiger partial charge in [0.2, 0.25) is 0 Å². The molecule has 5 heteroatoms. The van der Waals surface area contributed by atoms with Crippen LogP contribution in [0.5, 0.6) is 17.5 Å². The lowest BCUT2D eigenvalue weighted by molar-refractivity contribution is 0.263. The van der Waals surface area contributed by atoms with E-state index in [-0.39, 0.29) is 6.10 Å². The van der Waals surface area contributed by atoms with Crippen LogP contribution in [0, 0.1) is 0 Å². The summed E-state index contributed by atoms with van der Waals surface area (Å²) in [5.74, 6) is 1.56. The number of hydrogen-bond donors (Lipinski definition) is 0. The Kier molecular flexibility index (Phi) is 3.33. The minimum atomic E-state index is 0.261. The Morgan fingerprint density at radius 2 is 1.68 bits per heavy atom. The minimum Gasteiger partial charge on any atom is -0.491 e. The Morgan fingerprint density at radius 3 is 2.41 bits per heavy atom. The second kappa shape index (κ2) is 5.61. The molecule has 1 aromatic heterocycles. The first kappa shape index (κ1) is 13.0. The van der Waals surface area contributed by atoms with E-state index in [1.54, 1.807) is 18.5 Å². The molecule has 1 atom stereocenters. The van der Waals surface area contributed by atoms with Crippen LogP contribution in [0.1, 0.15) is 0 Å². The lowest BCUT2D eigenvalue weighted by atomic mass is 10.1. The van der Waals surface area contributed by atoms with E-state index in [0.717, 1.165) is 23.1 Å². The van der Waals surface area contributed by atoms with Crippen LogP contribution in [-0.4, -0.2) is 29.3 Å². The summed E-state index contributed by atoms with van der Waals surface area (Å²) in [7, 11) is 0. The van der Waals surface area contributed by atoms with Crippen molar-refractivity contribution in [2.45, 2.75) is 6.10 Å². The van der Waals surface area contributed by atoms with Gasteiger partial charge in [-0.15, -0.1) is 0 Å². The van der Waals surface area contributed by atoms with E-state index in [0.29, 0.717) is 18.4 Å². The van der Waals surface area contributed by atoms with Crippen molar-refractivity contribution in [1.82, 2.24) is 9.97 Å². The third-order valence-corrected chi connectivity index (χ3v) is 3.37. The summed E-state index contributed by atoms with van der Waals surface area (Å²) in [5, 5.41) is 2.17. The summed E-state index contributed by atoms with van der Waals surface area (Å²) in [6.07, 6.45) is 3.56. The van der Waals surface area contributed by atoms with Gasteiger partial charge in [-0.25, -0.2) is 9.97 Å². The number of rotatable bonds is 5. The highest BCUT2D eigenvalue weighted by molar-refractivity contribution is 5.85. The second-order valence-electron chi connectivity index (χ2n) is 5.07. The molecule has 0 aliphatic carbocycles. The summed E-state index contributed by atoms with van der Waals surface area (Å²) >= 11 is 0. The average Bonchev–Trinajstić information content (AvgIpc) is 3.38. The molecule has 1 unspecified atom stereocenters. The fourth-order valence-electron chi connectivity index (χ4n) is 2.15. The van der Waals surface area contributed by atoms with E-state index in [1.807, 2.05) is 36.4 Å². The number of ether oxygens (including phenoxy) is 3. The van der Waals surface area contributed by atoms with E-state index in [2.05, 4.69) is 9.97 Å². The molecular weight excluding hydrogens is 280 g/mol. The van der Waals surface area contributed by atoms with E-state index < -0.39 is 0 Å². The zero-order chi connectivity index (χ0) is 14.8. The zero-order valence-electron chi connectivity index (χ0n) is 11.8. The zero-order valence-corrected chi connectivity index (χ0v) is 11.8. The van der Waals surface area contributed by atoms with Gasteiger partial charge in [0.05, 0.1) is 6.61 Å². The summed E-state index contributed by atoms with van der Waals surface area (Å²) in [6.45, 7) is 1.41. The van der Waals surface area contributed by atoms with Crippen LogP contribution in [0.15, 0.2) is 54.9 Å².